The van der Waals surface area contributed by atoms with Crippen LogP contribution >= 0.6 is 11.6 Å². The molecular weight excluding hydrogens is 238 g/mol. The van der Waals surface area contributed by atoms with E-state index in [4.69, 9.17) is 16.0 Å². The smallest absolute Gasteiger partial charge is 0.241 e. The van der Waals surface area contributed by atoms with E-state index in [0.29, 0.717) is 6.04 Å². The summed E-state index contributed by atoms with van der Waals surface area (Å²) >= 11 is 6.29. The van der Waals surface area contributed by atoms with Gasteiger partial charge in [0.05, 0.1) is 11.3 Å². The van der Waals surface area contributed by atoms with Crippen molar-refractivity contribution in [3.05, 3.63) is 11.3 Å². The number of halogens is 1. The van der Waals surface area contributed by atoms with Gasteiger partial charge in [0.1, 0.15) is 0 Å². The van der Waals surface area contributed by atoms with Crippen LogP contribution in [0.5, 0.6) is 0 Å². The van der Waals surface area contributed by atoms with Gasteiger partial charge < -0.3 is 4.43 Å². The molecule has 0 amide bonds. The van der Waals surface area contributed by atoms with Crippen molar-refractivity contribution in [2.45, 2.75) is 51.9 Å². The summed E-state index contributed by atoms with van der Waals surface area (Å²) in [5.41, 5.74) is 0. The van der Waals surface area contributed by atoms with Crippen LogP contribution in [0.15, 0.2) is 11.3 Å². The topological polar surface area (TPSA) is 12.5 Å². The van der Waals surface area contributed by atoms with E-state index in [1.54, 1.807) is 6.26 Å². The van der Waals surface area contributed by atoms with E-state index in [1.807, 2.05) is 0 Å². The first-order chi connectivity index (χ1) is 7.40. The van der Waals surface area contributed by atoms with E-state index in [1.165, 1.54) is 19.3 Å². The van der Waals surface area contributed by atoms with Crippen molar-refractivity contribution in [2.75, 3.05) is 13.1 Å². The van der Waals surface area contributed by atoms with E-state index in [0.717, 1.165) is 18.1 Å². The van der Waals surface area contributed by atoms with Gasteiger partial charge in [0.25, 0.3) is 0 Å². The zero-order valence-electron chi connectivity index (χ0n) is 10.9. The first-order valence-corrected chi connectivity index (χ1v) is 9.96. The third kappa shape index (κ3) is 4.89. The zero-order chi connectivity index (χ0) is 12.2. The van der Waals surface area contributed by atoms with Crippen molar-refractivity contribution in [3.8, 4) is 0 Å². The largest absolute Gasteiger partial charge is 0.549 e. The van der Waals surface area contributed by atoms with Crippen molar-refractivity contribution in [3.63, 3.8) is 0 Å². The highest BCUT2D eigenvalue weighted by atomic mass is 35.5. The van der Waals surface area contributed by atoms with E-state index in [-0.39, 0.29) is 0 Å². The highest BCUT2D eigenvalue weighted by Gasteiger charge is 2.20. The Labute approximate surface area is 106 Å². The molecule has 1 saturated heterocycles. The minimum absolute atomic E-state index is 0.304. The van der Waals surface area contributed by atoms with Crippen LogP contribution in [-0.2, 0) is 4.43 Å². The van der Waals surface area contributed by atoms with Gasteiger partial charge in [-0.2, -0.15) is 0 Å². The molecule has 0 aliphatic carbocycles. The molecule has 1 aliphatic heterocycles. The fourth-order valence-electron chi connectivity index (χ4n) is 1.81. The maximum absolute atomic E-state index is 6.29. The summed E-state index contributed by atoms with van der Waals surface area (Å²) in [6.07, 6.45) is 5.72. The molecule has 0 aromatic rings. The first-order valence-electron chi connectivity index (χ1n) is 6.17. The summed E-state index contributed by atoms with van der Waals surface area (Å²) in [7, 11) is -1.49. The lowest BCUT2D eigenvalue weighted by molar-refractivity contribution is 0.197. The molecule has 1 fully saturated rings. The molecule has 0 saturated carbocycles. The van der Waals surface area contributed by atoms with Crippen molar-refractivity contribution in [1.82, 2.24) is 4.90 Å². The zero-order valence-corrected chi connectivity index (χ0v) is 12.7. The lowest BCUT2D eigenvalue weighted by atomic mass is 10.1. The first kappa shape index (κ1) is 14.1. The van der Waals surface area contributed by atoms with E-state index < -0.39 is 8.32 Å². The molecule has 1 aliphatic rings. The van der Waals surface area contributed by atoms with E-state index >= 15 is 0 Å². The lowest BCUT2D eigenvalue weighted by Gasteiger charge is -2.32. The molecule has 1 rings (SSSR count). The maximum atomic E-state index is 6.29. The van der Waals surface area contributed by atoms with Crippen LogP contribution in [0.25, 0.3) is 0 Å². The summed E-state index contributed by atoms with van der Waals surface area (Å²) in [4.78, 5) is 2.44. The van der Waals surface area contributed by atoms with Crippen LogP contribution < -0.4 is 0 Å². The Morgan fingerprint density at radius 2 is 1.81 bits per heavy atom. The average molecular weight is 262 g/mol. The van der Waals surface area contributed by atoms with Gasteiger partial charge in [-0.05, 0) is 52.5 Å². The van der Waals surface area contributed by atoms with Crippen LogP contribution in [-0.4, -0.2) is 32.3 Å². The number of nitrogens with zero attached hydrogens (tertiary/aromatic N) is 1. The Morgan fingerprint density at radius 1 is 1.25 bits per heavy atom. The summed E-state index contributed by atoms with van der Waals surface area (Å²) in [5.74, 6) is 0. The van der Waals surface area contributed by atoms with E-state index in [2.05, 4.69) is 31.5 Å². The minimum atomic E-state index is -1.49. The molecule has 0 unspecified atom stereocenters. The fraction of sp³-hybridized carbons (Fsp3) is 0.833. The molecule has 94 valence electrons. The number of hydrogen-bond donors (Lipinski definition) is 0. The molecule has 0 aromatic heterocycles. The van der Waals surface area contributed by atoms with Crippen LogP contribution in [0.1, 0.15) is 26.2 Å². The quantitative estimate of drug-likeness (QED) is 0.564. The second kappa shape index (κ2) is 6.08. The second-order valence-electron chi connectivity index (χ2n) is 5.51. The van der Waals surface area contributed by atoms with Gasteiger partial charge in [0.15, 0.2) is 0 Å². The molecular formula is C12H24ClNOSi. The molecule has 4 heteroatoms. The normalized spacial score (nSPS) is 21.9. The molecule has 0 radical (unpaired) electrons. The van der Waals surface area contributed by atoms with Gasteiger partial charge >= 0.3 is 0 Å². The van der Waals surface area contributed by atoms with Gasteiger partial charge in [-0.15, -0.1) is 0 Å². The minimum Gasteiger partial charge on any atom is -0.549 e. The maximum Gasteiger partial charge on any atom is 0.241 e. The Balaban J connectivity index is 2.48. The summed E-state index contributed by atoms with van der Waals surface area (Å²) in [6.45, 7) is 11.0. The molecule has 16 heavy (non-hydrogen) atoms. The van der Waals surface area contributed by atoms with Gasteiger partial charge in [-0.25, -0.2) is 0 Å². The van der Waals surface area contributed by atoms with Crippen molar-refractivity contribution in [1.29, 1.82) is 0 Å². The summed E-state index contributed by atoms with van der Waals surface area (Å²) in [5, 5.41) is 0.837. The molecule has 0 N–H and O–H groups in total. The highest BCUT2D eigenvalue weighted by molar-refractivity contribution is 6.69. The number of hydrogen-bond acceptors (Lipinski definition) is 2. The third-order valence-corrected chi connectivity index (χ3v) is 4.09. The number of rotatable bonds is 4. The summed E-state index contributed by atoms with van der Waals surface area (Å²) < 4.78 is 5.72. The number of piperidine rings is 1. The third-order valence-electron chi connectivity index (χ3n) is 2.86. The Morgan fingerprint density at radius 3 is 2.31 bits per heavy atom. The molecule has 1 atom stereocenters. The van der Waals surface area contributed by atoms with Crippen molar-refractivity contribution < 1.29 is 4.43 Å². The van der Waals surface area contributed by atoms with E-state index in [9.17, 15) is 0 Å². The SMILES string of the molecule is C[C@@H](/C(Cl)=C/O[Si](C)(C)C)N1CCCCC1. The molecule has 0 bridgehead atoms. The van der Waals surface area contributed by atoms with Crippen LogP contribution in [0.2, 0.25) is 19.6 Å². The van der Waals surface area contributed by atoms with Crippen LogP contribution in [0.4, 0.5) is 0 Å². The lowest BCUT2D eigenvalue weighted by Crippen LogP contribution is -2.37. The van der Waals surface area contributed by atoms with Gasteiger partial charge in [-0.1, -0.05) is 18.0 Å². The Hall–Kier alpha value is 0.00688. The monoisotopic (exact) mass is 261 g/mol. The standard InChI is InChI=1S/C12H24ClNOSi/c1-11(14-8-6-5-7-9-14)12(13)10-15-16(2,3)4/h10-11H,5-9H2,1-4H3/b12-10-/t11-/m0/s1. The predicted molar refractivity (Wildman–Crippen MR) is 73.3 cm³/mol. The molecule has 2 nitrogen and oxygen atoms in total. The van der Waals surface area contributed by atoms with Crippen molar-refractivity contribution in [2.24, 2.45) is 0 Å². The van der Waals surface area contributed by atoms with Gasteiger partial charge in [0.2, 0.25) is 8.32 Å². The predicted octanol–water partition coefficient (Wildman–Crippen LogP) is 3.79. The Kier molecular flexibility index (Phi) is 5.35. The Bertz CT molecular complexity index is 244. The summed E-state index contributed by atoms with van der Waals surface area (Å²) in [6, 6.07) is 0.304. The molecule has 1 heterocycles. The molecule has 0 aromatic carbocycles. The van der Waals surface area contributed by atoms with Crippen LogP contribution in [0.3, 0.4) is 0 Å². The van der Waals surface area contributed by atoms with Gasteiger partial charge in [-0.3, -0.25) is 4.90 Å². The van der Waals surface area contributed by atoms with Crippen molar-refractivity contribution >= 4 is 19.9 Å². The average Bonchev–Trinajstić information content (AvgIpc) is 2.25. The highest BCUT2D eigenvalue weighted by Crippen LogP contribution is 2.20. The molecule has 0 spiro atoms. The second-order valence-corrected chi connectivity index (χ2v) is 10.4. The van der Waals surface area contributed by atoms with Crippen LogP contribution in [0, 0.1) is 0 Å². The fourth-order valence-corrected chi connectivity index (χ4v) is 2.55. The number of likely N-dealkylation sites (tertiary alicyclic amines) is 1. The van der Waals surface area contributed by atoms with Gasteiger partial charge in [0, 0.05) is 6.04 Å².